The number of amides is 1. The highest BCUT2D eigenvalue weighted by atomic mass is 16.5. The molecule has 0 aromatic heterocycles. The van der Waals surface area contributed by atoms with Gasteiger partial charge in [-0.2, -0.15) is 0 Å². The van der Waals surface area contributed by atoms with Gasteiger partial charge in [-0.1, -0.05) is 12.8 Å². The number of ether oxygens (including phenoxy) is 2. The van der Waals surface area contributed by atoms with E-state index < -0.39 is 0 Å². The molecule has 0 N–H and O–H groups in total. The second kappa shape index (κ2) is 9.73. The third kappa shape index (κ3) is 5.43. The second-order valence-corrected chi connectivity index (χ2v) is 7.59. The lowest BCUT2D eigenvalue weighted by atomic mass is 9.96. The summed E-state index contributed by atoms with van der Waals surface area (Å²) in [6, 6.07) is 0. The van der Waals surface area contributed by atoms with E-state index in [2.05, 4.69) is 9.80 Å². The molecule has 24 heavy (non-hydrogen) atoms. The van der Waals surface area contributed by atoms with Crippen LogP contribution in [0.5, 0.6) is 0 Å². The maximum Gasteiger partial charge on any atom is 0.226 e. The molecule has 5 heteroatoms. The first-order valence-corrected chi connectivity index (χ1v) is 10.0. The normalized spacial score (nSPS) is 29.6. The van der Waals surface area contributed by atoms with Crippen molar-refractivity contribution in [1.82, 2.24) is 9.80 Å². The lowest BCUT2D eigenvalue weighted by Crippen LogP contribution is -2.46. The number of likely N-dealkylation sites (tertiary alicyclic amines) is 2. The molecule has 3 aliphatic heterocycles. The summed E-state index contributed by atoms with van der Waals surface area (Å²) in [5.74, 6) is 0.608. The van der Waals surface area contributed by atoms with Gasteiger partial charge < -0.3 is 19.3 Å². The van der Waals surface area contributed by atoms with Crippen molar-refractivity contribution in [2.24, 2.45) is 5.92 Å². The fourth-order valence-electron chi connectivity index (χ4n) is 4.19. The molecule has 2 atom stereocenters. The van der Waals surface area contributed by atoms with Gasteiger partial charge in [0, 0.05) is 32.8 Å². The Morgan fingerprint density at radius 2 is 1.83 bits per heavy atom. The fourth-order valence-corrected chi connectivity index (χ4v) is 4.19. The highest BCUT2D eigenvalue weighted by Gasteiger charge is 2.29. The van der Waals surface area contributed by atoms with Gasteiger partial charge in [0.05, 0.1) is 25.2 Å². The SMILES string of the molecule is O=C([C@@H]1CCCN(CCOC[C@@H]2CCCO2)C1)N1CCCCCC1. The van der Waals surface area contributed by atoms with E-state index >= 15 is 0 Å². The molecule has 0 aliphatic carbocycles. The van der Waals surface area contributed by atoms with Crippen molar-refractivity contribution in [3.05, 3.63) is 0 Å². The van der Waals surface area contributed by atoms with Gasteiger partial charge in [-0.05, 0) is 45.1 Å². The van der Waals surface area contributed by atoms with Gasteiger partial charge >= 0.3 is 0 Å². The van der Waals surface area contributed by atoms with Gasteiger partial charge in [0.1, 0.15) is 0 Å². The Hall–Kier alpha value is -0.650. The predicted octanol–water partition coefficient (Wildman–Crippen LogP) is 2.30. The molecule has 3 rings (SSSR count). The molecule has 0 radical (unpaired) electrons. The van der Waals surface area contributed by atoms with Crippen LogP contribution in [0.2, 0.25) is 0 Å². The summed E-state index contributed by atoms with van der Waals surface area (Å²) >= 11 is 0. The topological polar surface area (TPSA) is 42.0 Å². The van der Waals surface area contributed by atoms with Crippen molar-refractivity contribution in [3.8, 4) is 0 Å². The molecular weight excluding hydrogens is 304 g/mol. The van der Waals surface area contributed by atoms with Crippen LogP contribution >= 0.6 is 0 Å². The number of hydrogen-bond acceptors (Lipinski definition) is 4. The monoisotopic (exact) mass is 338 g/mol. The third-order valence-electron chi connectivity index (χ3n) is 5.65. The van der Waals surface area contributed by atoms with E-state index in [9.17, 15) is 4.79 Å². The van der Waals surface area contributed by atoms with E-state index in [0.717, 1.165) is 71.8 Å². The van der Waals surface area contributed by atoms with Gasteiger partial charge in [-0.25, -0.2) is 0 Å². The summed E-state index contributed by atoms with van der Waals surface area (Å²) in [4.78, 5) is 17.4. The van der Waals surface area contributed by atoms with Crippen LogP contribution in [0, 0.1) is 5.92 Å². The highest BCUT2D eigenvalue weighted by molar-refractivity contribution is 5.79. The lowest BCUT2D eigenvalue weighted by molar-refractivity contribution is -0.137. The molecule has 5 nitrogen and oxygen atoms in total. The van der Waals surface area contributed by atoms with Crippen LogP contribution in [0.3, 0.4) is 0 Å². The van der Waals surface area contributed by atoms with Crippen LogP contribution in [-0.2, 0) is 14.3 Å². The zero-order valence-corrected chi connectivity index (χ0v) is 15.1. The van der Waals surface area contributed by atoms with Crippen molar-refractivity contribution in [3.63, 3.8) is 0 Å². The molecular formula is C19H34N2O3. The van der Waals surface area contributed by atoms with Crippen molar-refractivity contribution in [2.75, 3.05) is 52.5 Å². The minimum absolute atomic E-state index is 0.204. The average Bonchev–Trinajstić information content (AvgIpc) is 2.98. The number of hydrogen-bond donors (Lipinski definition) is 0. The van der Waals surface area contributed by atoms with Gasteiger partial charge in [0.25, 0.3) is 0 Å². The molecule has 0 aromatic carbocycles. The standard InChI is InChI=1S/C19H34N2O3/c22-19(21-10-3-1-2-4-11-21)17-7-5-9-20(15-17)12-14-23-16-18-8-6-13-24-18/h17-18H,1-16H2/t17-,18+/m1/s1. The predicted molar refractivity (Wildman–Crippen MR) is 94.0 cm³/mol. The fraction of sp³-hybridized carbons (Fsp3) is 0.947. The molecule has 3 saturated heterocycles. The van der Waals surface area contributed by atoms with Gasteiger partial charge in [-0.15, -0.1) is 0 Å². The Morgan fingerprint density at radius 3 is 2.58 bits per heavy atom. The van der Waals surface area contributed by atoms with Gasteiger partial charge in [0.15, 0.2) is 0 Å². The number of rotatable bonds is 6. The van der Waals surface area contributed by atoms with Gasteiger partial charge in [-0.3, -0.25) is 4.79 Å². The van der Waals surface area contributed by atoms with Crippen molar-refractivity contribution in [1.29, 1.82) is 0 Å². The Bertz CT molecular complexity index is 377. The summed E-state index contributed by atoms with van der Waals surface area (Å²) in [6.07, 6.45) is 9.72. The Labute approximate surface area is 146 Å². The number of nitrogens with zero attached hydrogens (tertiary/aromatic N) is 2. The smallest absolute Gasteiger partial charge is 0.226 e. The van der Waals surface area contributed by atoms with Crippen LogP contribution in [0.4, 0.5) is 0 Å². The van der Waals surface area contributed by atoms with Crippen LogP contribution < -0.4 is 0 Å². The van der Waals surface area contributed by atoms with E-state index in [4.69, 9.17) is 9.47 Å². The van der Waals surface area contributed by atoms with Gasteiger partial charge in [0.2, 0.25) is 5.91 Å². The van der Waals surface area contributed by atoms with Crippen molar-refractivity contribution >= 4 is 5.91 Å². The highest BCUT2D eigenvalue weighted by Crippen LogP contribution is 2.21. The lowest BCUT2D eigenvalue weighted by Gasteiger charge is -2.34. The average molecular weight is 338 g/mol. The number of piperidine rings is 1. The Morgan fingerprint density at radius 1 is 1.00 bits per heavy atom. The third-order valence-corrected chi connectivity index (χ3v) is 5.65. The zero-order chi connectivity index (χ0) is 16.6. The Kier molecular flexibility index (Phi) is 7.36. The molecule has 0 bridgehead atoms. The largest absolute Gasteiger partial charge is 0.377 e. The number of carbonyl (C=O) groups is 1. The van der Waals surface area contributed by atoms with Crippen LogP contribution in [0.15, 0.2) is 0 Å². The van der Waals surface area contributed by atoms with Crippen molar-refractivity contribution in [2.45, 2.75) is 57.5 Å². The maximum atomic E-state index is 12.8. The molecule has 3 fully saturated rings. The van der Waals surface area contributed by atoms with Crippen LogP contribution in [-0.4, -0.2) is 74.4 Å². The Balaban J connectivity index is 1.36. The second-order valence-electron chi connectivity index (χ2n) is 7.59. The molecule has 3 aliphatic rings. The van der Waals surface area contributed by atoms with E-state index in [1.807, 2.05) is 0 Å². The quantitative estimate of drug-likeness (QED) is 0.697. The van der Waals surface area contributed by atoms with Crippen LogP contribution in [0.1, 0.15) is 51.4 Å². The van der Waals surface area contributed by atoms with E-state index in [1.165, 1.54) is 32.1 Å². The molecule has 0 spiro atoms. The molecule has 0 aromatic rings. The minimum Gasteiger partial charge on any atom is -0.377 e. The maximum absolute atomic E-state index is 12.8. The summed E-state index contributed by atoms with van der Waals surface area (Å²) in [7, 11) is 0. The van der Waals surface area contributed by atoms with E-state index in [0.29, 0.717) is 12.0 Å². The zero-order valence-electron chi connectivity index (χ0n) is 15.1. The summed E-state index contributed by atoms with van der Waals surface area (Å²) < 4.78 is 11.4. The van der Waals surface area contributed by atoms with E-state index in [1.54, 1.807) is 0 Å². The molecule has 3 heterocycles. The van der Waals surface area contributed by atoms with Crippen molar-refractivity contribution < 1.29 is 14.3 Å². The molecule has 1 amide bonds. The molecule has 0 saturated carbocycles. The first-order chi connectivity index (χ1) is 11.8. The number of carbonyl (C=O) groups excluding carboxylic acids is 1. The summed E-state index contributed by atoms with van der Waals surface area (Å²) in [5.41, 5.74) is 0. The van der Waals surface area contributed by atoms with Crippen LogP contribution in [0.25, 0.3) is 0 Å². The minimum atomic E-state index is 0.204. The summed E-state index contributed by atoms with van der Waals surface area (Å²) in [5, 5.41) is 0. The first kappa shape index (κ1) is 18.2. The first-order valence-electron chi connectivity index (χ1n) is 10.0. The molecule has 0 unspecified atom stereocenters. The summed E-state index contributed by atoms with van der Waals surface area (Å²) in [6.45, 7) is 7.27. The van der Waals surface area contributed by atoms with E-state index in [-0.39, 0.29) is 5.92 Å². The molecule has 138 valence electrons.